The second-order valence-electron chi connectivity index (χ2n) is 4.40. The minimum Gasteiger partial charge on any atom is -0.465 e. The van der Waals surface area contributed by atoms with E-state index in [2.05, 4.69) is 5.32 Å². The Labute approximate surface area is 116 Å². The third-order valence-corrected chi connectivity index (χ3v) is 3.08. The minimum atomic E-state index is -0.331. The van der Waals surface area contributed by atoms with E-state index >= 15 is 0 Å². The molecule has 0 bridgehead atoms. The molecular formula is C15H14N2O3. The Balaban J connectivity index is 1.71. The number of ether oxygens (including phenoxy) is 1. The number of carbonyl (C=O) groups is 1. The van der Waals surface area contributed by atoms with Gasteiger partial charge in [0.05, 0.1) is 24.6 Å². The van der Waals surface area contributed by atoms with E-state index in [1.165, 1.54) is 7.11 Å². The molecule has 0 spiro atoms. The highest BCUT2D eigenvalue weighted by molar-refractivity contribution is 5.91. The van der Waals surface area contributed by atoms with Crippen LogP contribution in [0.25, 0.3) is 6.08 Å². The second kappa shape index (κ2) is 5.13. The number of hydrogen-bond acceptors (Lipinski definition) is 5. The van der Waals surface area contributed by atoms with Crippen molar-refractivity contribution < 1.29 is 13.9 Å². The number of rotatable bonds is 3. The Kier molecular flexibility index (Phi) is 3.16. The highest BCUT2D eigenvalue weighted by Gasteiger charge is 2.24. The predicted molar refractivity (Wildman–Crippen MR) is 73.8 cm³/mol. The van der Waals surface area contributed by atoms with Gasteiger partial charge < -0.3 is 19.4 Å². The van der Waals surface area contributed by atoms with E-state index in [-0.39, 0.29) is 12.1 Å². The molecule has 1 atom stereocenters. The second-order valence-corrected chi connectivity index (χ2v) is 4.40. The lowest BCUT2D eigenvalue weighted by Crippen LogP contribution is -2.33. The van der Waals surface area contributed by atoms with Gasteiger partial charge in [-0.15, -0.1) is 0 Å². The normalized spacial score (nSPS) is 20.4. The molecule has 1 N–H and O–H groups in total. The van der Waals surface area contributed by atoms with Crippen molar-refractivity contribution in [3.63, 3.8) is 0 Å². The van der Waals surface area contributed by atoms with E-state index in [9.17, 15) is 4.79 Å². The molecule has 0 fully saturated rings. The van der Waals surface area contributed by atoms with Crippen molar-refractivity contribution in [3.05, 3.63) is 66.1 Å². The molecule has 0 aliphatic carbocycles. The number of esters is 1. The molecular weight excluding hydrogens is 256 g/mol. The molecule has 0 amide bonds. The molecule has 2 aliphatic rings. The first-order valence-electron chi connectivity index (χ1n) is 6.22. The fourth-order valence-corrected chi connectivity index (χ4v) is 2.08. The highest BCUT2D eigenvalue weighted by atomic mass is 16.5. The maximum atomic E-state index is 11.5. The summed E-state index contributed by atoms with van der Waals surface area (Å²) in [5, 5.41) is 3.29. The zero-order valence-corrected chi connectivity index (χ0v) is 10.9. The number of methoxy groups -OCH3 is 1. The first-order chi connectivity index (χ1) is 9.76. The van der Waals surface area contributed by atoms with Crippen molar-refractivity contribution in [1.82, 2.24) is 10.2 Å². The summed E-state index contributed by atoms with van der Waals surface area (Å²) in [6.45, 7) is 0. The lowest BCUT2D eigenvalue weighted by Gasteiger charge is -2.22. The average Bonchev–Trinajstić information content (AvgIpc) is 3.12. The molecule has 1 aromatic rings. The van der Waals surface area contributed by atoms with Gasteiger partial charge in [0, 0.05) is 12.4 Å². The number of nitrogens with one attached hydrogen (secondary N) is 1. The molecule has 3 heterocycles. The SMILES string of the molecule is COC(=O)C1=CC2NC(/C=C/c3ccco3)=CN2C=C1. The van der Waals surface area contributed by atoms with Gasteiger partial charge in [-0.2, -0.15) is 0 Å². The third kappa shape index (κ3) is 2.38. The van der Waals surface area contributed by atoms with Crippen LogP contribution in [0.1, 0.15) is 5.76 Å². The van der Waals surface area contributed by atoms with Crippen molar-refractivity contribution in [2.45, 2.75) is 6.17 Å². The van der Waals surface area contributed by atoms with Gasteiger partial charge >= 0.3 is 5.97 Å². The van der Waals surface area contributed by atoms with Crippen molar-refractivity contribution in [2.24, 2.45) is 0 Å². The molecule has 102 valence electrons. The third-order valence-electron chi connectivity index (χ3n) is 3.08. The molecule has 1 unspecified atom stereocenters. The van der Waals surface area contributed by atoms with Crippen molar-refractivity contribution >= 4 is 12.0 Å². The predicted octanol–water partition coefficient (Wildman–Crippen LogP) is 1.99. The molecule has 5 heteroatoms. The average molecular weight is 270 g/mol. The summed E-state index contributed by atoms with van der Waals surface area (Å²) in [5.74, 6) is 0.459. The Morgan fingerprint density at radius 1 is 1.50 bits per heavy atom. The molecule has 0 aromatic carbocycles. The van der Waals surface area contributed by atoms with Gasteiger partial charge in [0.2, 0.25) is 0 Å². The molecule has 20 heavy (non-hydrogen) atoms. The Hall–Kier alpha value is -2.69. The van der Waals surface area contributed by atoms with Gasteiger partial charge in [-0.05, 0) is 36.4 Å². The van der Waals surface area contributed by atoms with Crippen LogP contribution in [0, 0.1) is 0 Å². The number of furan rings is 1. The van der Waals surface area contributed by atoms with Crippen molar-refractivity contribution in [1.29, 1.82) is 0 Å². The van der Waals surface area contributed by atoms with E-state index in [1.54, 1.807) is 12.3 Å². The molecule has 0 radical (unpaired) electrons. The van der Waals surface area contributed by atoms with Gasteiger partial charge in [0.15, 0.2) is 0 Å². The summed E-state index contributed by atoms with van der Waals surface area (Å²) in [5.41, 5.74) is 1.49. The maximum Gasteiger partial charge on any atom is 0.337 e. The molecule has 1 aromatic heterocycles. The summed E-state index contributed by atoms with van der Waals surface area (Å²) in [6.07, 6.45) is 12.7. The summed E-state index contributed by atoms with van der Waals surface area (Å²) < 4.78 is 9.95. The fraction of sp³-hybridized carbons (Fsp3) is 0.133. The van der Waals surface area contributed by atoms with Crippen LogP contribution < -0.4 is 5.32 Å². The quantitative estimate of drug-likeness (QED) is 0.851. The Morgan fingerprint density at radius 3 is 3.15 bits per heavy atom. The topological polar surface area (TPSA) is 54.7 Å². The number of fused-ring (bicyclic) bond motifs is 1. The number of carbonyl (C=O) groups excluding carboxylic acids is 1. The van der Waals surface area contributed by atoms with Crippen LogP contribution in [-0.2, 0) is 9.53 Å². The van der Waals surface area contributed by atoms with Gasteiger partial charge in [-0.3, -0.25) is 0 Å². The van der Waals surface area contributed by atoms with Gasteiger partial charge in [-0.1, -0.05) is 0 Å². The van der Waals surface area contributed by atoms with Crippen LogP contribution >= 0.6 is 0 Å². The molecule has 5 nitrogen and oxygen atoms in total. The monoisotopic (exact) mass is 270 g/mol. The van der Waals surface area contributed by atoms with Crippen molar-refractivity contribution in [3.8, 4) is 0 Å². The van der Waals surface area contributed by atoms with E-state index in [0.717, 1.165) is 11.5 Å². The van der Waals surface area contributed by atoms with Gasteiger partial charge in [0.25, 0.3) is 0 Å². The number of hydrogen-bond donors (Lipinski definition) is 1. The molecule has 2 aliphatic heterocycles. The largest absolute Gasteiger partial charge is 0.465 e. The van der Waals surface area contributed by atoms with E-state index in [0.29, 0.717) is 5.57 Å². The highest BCUT2D eigenvalue weighted by Crippen LogP contribution is 2.21. The lowest BCUT2D eigenvalue weighted by atomic mass is 10.1. The van der Waals surface area contributed by atoms with Crippen LogP contribution in [0.5, 0.6) is 0 Å². The minimum absolute atomic E-state index is 0.0645. The molecule has 0 saturated carbocycles. The van der Waals surface area contributed by atoms with Crippen LogP contribution in [0.3, 0.4) is 0 Å². The van der Waals surface area contributed by atoms with Crippen LogP contribution in [0.15, 0.2) is 64.7 Å². The zero-order chi connectivity index (χ0) is 13.9. The summed E-state index contributed by atoms with van der Waals surface area (Å²) >= 11 is 0. The summed E-state index contributed by atoms with van der Waals surface area (Å²) in [7, 11) is 1.38. The van der Waals surface area contributed by atoms with Gasteiger partial charge in [0.1, 0.15) is 11.9 Å². The maximum absolute atomic E-state index is 11.5. The number of nitrogens with zero attached hydrogens (tertiary/aromatic N) is 1. The van der Waals surface area contributed by atoms with Crippen LogP contribution in [0.4, 0.5) is 0 Å². The zero-order valence-electron chi connectivity index (χ0n) is 10.9. The molecule has 0 saturated heterocycles. The van der Waals surface area contributed by atoms with Crippen molar-refractivity contribution in [2.75, 3.05) is 7.11 Å². The standard InChI is InChI=1S/C15H14N2O3/c1-19-15(18)11-6-7-17-10-12(16-14(17)9-11)4-5-13-3-2-8-20-13/h2-10,14,16H,1H3/b5-4+. The lowest BCUT2D eigenvalue weighted by molar-refractivity contribution is -0.135. The van der Waals surface area contributed by atoms with Crippen LogP contribution in [0.2, 0.25) is 0 Å². The number of allylic oxidation sites excluding steroid dienone is 1. The summed E-state index contributed by atoms with van der Waals surface area (Å²) in [4.78, 5) is 13.5. The van der Waals surface area contributed by atoms with Gasteiger partial charge in [-0.25, -0.2) is 4.79 Å². The smallest absolute Gasteiger partial charge is 0.337 e. The van der Waals surface area contributed by atoms with E-state index in [1.807, 2.05) is 47.7 Å². The Morgan fingerprint density at radius 2 is 2.40 bits per heavy atom. The first kappa shape index (κ1) is 12.3. The van der Waals surface area contributed by atoms with E-state index in [4.69, 9.17) is 9.15 Å². The molecule has 3 rings (SSSR count). The van der Waals surface area contributed by atoms with E-state index < -0.39 is 0 Å². The fourth-order valence-electron chi connectivity index (χ4n) is 2.08. The summed E-state index contributed by atoms with van der Waals surface area (Å²) in [6, 6.07) is 3.72. The van der Waals surface area contributed by atoms with Crippen LogP contribution in [-0.4, -0.2) is 24.1 Å². The Bertz CT molecular complexity index is 624. The first-order valence-corrected chi connectivity index (χ1v) is 6.22.